The first-order valence-electron chi connectivity index (χ1n) is 3.35. The molecule has 1 heterocycles. The summed E-state index contributed by atoms with van der Waals surface area (Å²) in [7, 11) is -2.41. The molecule has 1 saturated heterocycles. The van der Waals surface area contributed by atoms with Crippen LogP contribution in [0.25, 0.3) is 0 Å². The fourth-order valence-corrected chi connectivity index (χ4v) is 1.59. The van der Waals surface area contributed by atoms with Crippen molar-refractivity contribution in [2.75, 3.05) is 13.1 Å². The summed E-state index contributed by atoms with van der Waals surface area (Å²) >= 11 is 0. The maximum Gasteiger partial charge on any atom is 0.241 e. The van der Waals surface area contributed by atoms with Crippen LogP contribution in [0.5, 0.6) is 0 Å². The zero-order valence-electron chi connectivity index (χ0n) is 6.20. The summed E-state index contributed by atoms with van der Waals surface area (Å²) in [6, 6.07) is -0.905. The van der Waals surface area contributed by atoms with Crippen molar-refractivity contribution in [3.05, 3.63) is 0 Å². The van der Waals surface area contributed by atoms with Crippen LogP contribution >= 0.6 is 0 Å². The van der Waals surface area contributed by atoms with Gasteiger partial charge in [-0.2, -0.15) is 8.42 Å². The second-order valence-corrected chi connectivity index (χ2v) is 3.22. The number of nitrogens with one attached hydrogen (secondary N) is 2. The molecule has 1 atom stereocenters. The van der Waals surface area contributed by atoms with Crippen molar-refractivity contribution >= 4 is 21.2 Å². The highest BCUT2D eigenvalue weighted by Crippen LogP contribution is 1.88. The molecule has 1 aliphatic rings. The highest BCUT2D eigenvalue weighted by molar-refractivity contribution is 7.73. The zero-order valence-corrected chi connectivity index (χ0v) is 7.02. The molecular formula is C5H9N3O3S. The lowest BCUT2D eigenvalue weighted by Crippen LogP contribution is -2.58. The molecule has 1 rings (SSSR count). The Hall–Kier alpha value is -0.920. The highest BCUT2D eigenvalue weighted by Gasteiger charge is 2.25. The van der Waals surface area contributed by atoms with Gasteiger partial charge >= 0.3 is 0 Å². The minimum absolute atomic E-state index is 0.0752. The van der Waals surface area contributed by atoms with Crippen molar-refractivity contribution in [3.8, 4) is 0 Å². The minimum Gasteiger partial charge on any atom is -0.368 e. The summed E-state index contributed by atoms with van der Waals surface area (Å²) in [6.07, 6.45) is 0. The summed E-state index contributed by atoms with van der Waals surface area (Å²) < 4.78 is 21.0. The van der Waals surface area contributed by atoms with E-state index in [1.54, 1.807) is 0 Å². The van der Waals surface area contributed by atoms with Crippen LogP contribution in [0.2, 0.25) is 0 Å². The highest BCUT2D eigenvalue weighted by atomic mass is 32.2. The lowest BCUT2D eigenvalue weighted by Gasteiger charge is -2.21. The van der Waals surface area contributed by atoms with E-state index in [2.05, 4.69) is 10.6 Å². The van der Waals surface area contributed by atoms with Crippen LogP contribution in [0.15, 0.2) is 0 Å². The Morgan fingerprint density at radius 1 is 1.50 bits per heavy atom. The van der Waals surface area contributed by atoms with Crippen molar-refractivity contribution in [1.29, 1.82) is 0 Å². The number of hydrogen-bond donors (Lipinski definition) is 3. The van der Waals surface area contributed by atoms with E-state index in [-0.39, 0.29) is 4.99 Å². The van der Waals surface area contributed by atoms with Gasteiger partial charge in [0.2, 0.25) is 16.2 Å². The molecule has 0 bridgehead atoms. The number of rotatable bonds is 1. The van der Waals surface area contributed by atoms with Crippen molar-refractivity contribution in [2.24, 2.45) is 5.73 Å². The molecule has 0 saturated carbocycles. The summed E-state index contributed by atoms with van der Waals surface area (Å²) in [5, 5.41) is 5.27. The topological polar surface area (TPSA) is 101 Å². The maximum absolute atomic E-state index is 10.7. The summed E-state index contributed by atoms with van der Waals surface area (Å²) in [5.74, 6) is -0.693. The quantitative estimate of drug-likeness (QED) is 0.384. The first-order valence-corrected chi connectivity index (χ1v) is 4.43. The Morgan fingerprint density at radius 3 is 2.58 bits per heavy atom. The molecule has 0 spiro atoms. The van der Waals surface area contributed by atoms with Crippen molar-refractivity contribution < 1.29 is 13.2 Å². The number of amides is 1. The molecule has 1 unspecified atom stereocenters. The molecule has 0 aromatic carbocycles. The minimum atomic E-state index is -2.41. The van der Waals surface area contributed by atoms with Gasteiger partial charge < -0.3 is 5.73 Å². The second-order valence-electron chi connectivity index (χ2n) is 2.32. The van der Waals surface area contributed by atoms with Crippen LogP contribution in [0.1, 0.15) is 0 Å². The molecule has 1 amide bonds. The largest absolute Gasteiger partial charge is 0.368 e. The monoisotopic (exact) mass is 191 g/mol. The molecule has 0 aromatic rings. The van der Waals surface area contributed by atoms with Gasteiger partial charge in [0.15, 0.2) is 0 Å². The SMILES string of the molecule is NC(=O)C1NCCNC1=S(=O)=O. The molecule has 4 N–H and O–H groups in total. The van der Waals surface area contributed by atoms with Gasteiger partial charge in [-0.3, -0.25) is 15.4 Å². The predicted octanol–water partition coefficient (Wildman–Crippen LogP) is -2.96. The number of carbonyl (C=O) groups is 1. The summed E-state index contributed by atoms with van der Waals surface area (Å²) in [5.41, 5.74) is 4.96. The van der Waals surface area contributed by atoms with Gasteiger partial charge in [-0.05, 0) is 0 Å². The van der Waals surface area contributed by atoms with E-state index in [9.17, 15) is 13.2 Å². The molecule has 1 aliphatic heterocycles. The summed E-state index contributed by atoms with van der Waals surface area (Å²) in [4.78, 5) is 10.6. The van der Waals surface area contributed by atoms with Crippen molar-refractivity contribution in [2.45, 2.75) is 6.04 Å². The van der Waals surface area contributed by atoms with Crippen molar-refractivity contribution in [1.82, 2.24) is 10.6 Å². The number of primary amides is 1. The Morgan fingerprint density at radius 2 is 2.17 bits per heavy atom. The molecule has 68 valence electrons. The van der Waals surface area contributed by atoms with Gasteiger partial charge in [-0.15, -0.1) is 0 Å². The molecule has 7 heteroatoms. The normalized spacial score (nSPS) is 23.7. The molecule has 6 nitrogen and oxygen atoms in total. The van der Waals surface area contributed by atoms with Crippen LogP contribution in [0.3, 0.4) is 0 Å². The van der Waals surface area contributed by atoms with Gasteiger partial charge in [0.25, 0.3) is 0 Å². The van der Waals surface area contributed by atoms with E-state index in [1.165, 1.54) is 0 Å². The third-order valence-corrected chi connectivity index (χ3v) is 2.24. The van der Waals surface area contributed by atoms with E-state index in [1.807, 2.05) is 0 Å². The molecule has 1 fully saturated rings. The molecule has 0 radical (unpaired) electrons. The number of carbonyl (C=O) groups excluding carboxylic acids is 1. The lowest BCUT2D eigenvalue weighted by molar-refractivity contribution is -0.118. The Kier molecular flexibility index (Phi) is 2.79. The average molecular weight is 191 g/mol. The first kappa shape index (κ1) is 9.17. The third-order valence-electron chi connectivity index (χ3n) is 1.50. The Bertz CT molecular complexity index is 313. The van der Waals surface area contributed by atoms with Crippen LogP contribution in [-0.2, 0) is 15.1 Å². The Labute approximate surface area is 70.7 Å². The molecule has 0 aliphatic carbocycles. The Balaban J connectivity index is 2.97. The number of piperazine rings is 1. The fourth-order valence-electron chi connectivity index (χ4n) is 0.982. The molecule has 0 aromatic heterocycles. The first-order chi connectivity index (χ1) is 5.63. The van der Waals surface area contributed by atoms with Gasteiger partial charge in [0, 0.05) is 13.1 Å². The van der Waals surface area contributed by atoms with Gasteiger partial charge in [0.05, 0.1) is 0 Å². The smallest absolute Gasteiger partial charge is 0.241 e. The van der Waals surface area contributed by atoms with E-state index in [4.69, 9.17) is 5.73 Å². The van der Waals surface area contributed by atoms with Crippen LogP contribution in [0, 0.1) is 0 Å². The second kappa shape index (κ2) is 3.65. The van der Waals surface area contributed by atoms with Crippen LogP contribution in [0.4, 0.5) is 0 Å². The lowest BCUT2D eigenvalue weighted by atomic mass is 10.2. The van der Waals surface area contributed by atoms with Crippen molar-refractivity contribution in [3.63, 3.8) is 0 Å². The third kappa shape index (κ3) is 1.81. The van der Waals surface area contributed by atoms with Crippen LogP contribution in [-0.4, -0.2) is 38.4 Å². The van der Waals surface area contributed by atoms with E-state index < -0.39 is 22.2 Å². The van der Waals surface area contributed by atoms with E-state index in [0.29, 0.717) is 13.1 Å². The van der Waals surface area contributed by atoms with Crippen LogP contribution < -0.4 is 16.4 Å². The predicted molar refractivity (Wildman–Crippen MR) is 42.9 cm³/mol. The van der Waals surface area contributed by atoms with E-state index in [0.717, 1.165) is 0 Å². The standard InChI is InChI=1S/C5H9N3O3S/c6-4(9)3-5(12(10)11)8-2-1-7-3/h3,7-8H,1-2H2,(H2,6,9). The fraction of sp³-hybridized carbons (Fsp3) is 0.600. The zero-order chi connectivity index (χ0) is 9.14. The maximum atomic E-state index is 10.7. The average Bonchev–Trinajstić information content (AvgIpc) is 2.04. The summed E-state index contributed by atoms with van der Waals surface area (Å²) in [6.45, 7) is 1.00. The molecule has 12 heavy (non-hydrogen) atoms. The number of hydrogen-bond acceptors (Lipinski definition) is 4. The molecular weight excluding hydrogens is 182 g/mol. The number of nitrogens with two attached hydrogens (primary N) is 1. The van der Waals surface area contributed by atoms with Gasteiger partial charge in [0.1, 0.15) is 11.0 Å². The van der Waals surface area contributed by atoms with Gasteiger partial charge in [-0.1, -0.05) is 0 Å². The van der Waals surface area contributed by atoms with E-state index >= 15 is 0 Å². The van der Waals surface area contributed by atoms with Gasteiger partial charge in [-0.25, -0.2) is 0 Å².